The van der Waals surface area contributed by atoms with Crippen molar-refractivity contribution in [3.8, 4) is 6.07 Å². The van der Waals surface area contributed by atoms with Crippen molar-refractivity contribution in [1.29, 1.82) is 5.26 Å². The third-order valence-corrected chi connectivity index (χ3v) is 6.21. The van der Waals surface area contributed by atoms with Gasteiger partial charge in [0.25, 0.3) is 0 Å². The molecule has 0 unspecified atom stereocenters. The monoisotopic (exact) mass is 356 g/mol. The third kappa shape index (κ3) is 3.50. The molecule has 1 N–H and O–H groups in total. The van der Waals surface area contributed by atoms with Crippen LogP contribution in [0.4, 0.5) is 5.82 Å². The number of aromatic nitrogens is 1. The first-order chi connectivity index (χ1) is 11.9. The molecular weight excluding hydrogens is 336 g/mol. The van der Waals surface area contributed by atoms with Crippen LogP contribution in [0.1, 0.15) is 23.2 Å². The number of sulfonamides is 1. The molecule has 0 spiro atoms. The van der Waals surface area contributed by atoms with Gasteiger partial charge in [-0.1, -0.05) is 18.2 Å². The number of anilines is 1. The molecule has 0 aliphatic carbocycles. The molecule has 1 aromatic carbocycles. The molecule has 2 heterocycles. The number of hydrogen-bond donors (Lipinski definition) is 1. The fourth-order valence-corrected chi connectivity index (χ4v) is 4.60. The van der Waals surface area contributed by atoms with Crippen LogP contribution >= 0.6 is 0 Å². The molecule has 25 heavy (non-hydrogen) atoms. The van der Waals surface area contributed by atoms with Gasteiger partial charge in [-0.15, -0.1) is 0 Å². The molecule has 1 fully saturated rings. The fourth-order valence-electron chi connectivity index (χ4n) is 3.08. The number of rotatable bonds is 4. The summed E-state index contributed by atoms with van der Waals surface area (Å²) in [5.41, 5.74) is 2.20. The van der Waals surface area contributed by atoms with Gasteiger partial charge in [0.1, 0.15) is 11.9 Å². The zero-order chi connectivity index (χ0) is 18.0. The van der Waals surface area contributed by atoms with Crippen molar-refractivity contribution in [2.45, 2.75) is 31.2 Å². The van der Waals surface area contributed by atoms with Crippen molar-refractivity contribution in [3.05, 3.63) is 53.2 Å². The van der Waals surface area contributed by atoms with E-state index in [9.17, 15) is 13.7 Å². The Bertz CT molecular complexity index is 920. The number of nitrogens with zero attached hydrogens (tertiary/aromatic N) is 3. The second-order valence-electron chi connectivity index (χ2n) is 6.22. The summed E-state index contributed by atoms with van der Waals surface area (Å²) < 4.78 is 26.9. The number of pyridine rings is 1. The summed E-state index contributed by atoms with van der Waals surface area (Å²) in [4.78, 5) is 4.72. The predicted octanol–water partition coefficient (Wildman–Crippen LogP) is 2.45. The van der Waals surface area contributed by atoms with E-state index in [2.05, 4.69) is 16.4 Å². The highest BCUT2D eigenvalue weighted by atomic mass is 32.2. The Morgan fingerprint density at radius 1 is 1.28 bits per heavy atom. The Kier molecular flexibility index (Phi) is 4.75. The molecule has 0 amide bonds. The maximum atomic E-state index is 12.7. The van der Waals surface area contributed by atoms with Gasteiger partial charge >= 0.3 is 0 Å². The number of benzene rings is 1. The third-order valence-electron chi connectivity index (χ3n) is 4.33. The Labute approximate surface area is 148 Å². The Balaban J connectivity index is 1.78. The van der Waals surface area contributed by atoms with Crippen LogP contribution in [-0.4, -0.2) is 36.8 Å². The normalized spacial score (nSPS) is 18.0. The summed E-state index contributed by atoms with van der Waals surface area (Å²) in [6.45, 7) is 4.55. The molecule has 1 aliphatic heterocycles. The van der Waals surface area contributed by atoms with Gasteiger partial charge in [0.15, 0.2) is 0 Å². The van der Waals surface area contributed by atoms with Gasteiger partial charge in [0.2, 0.25) is 10.0 Å². The molecule has 0 radical (unpaired) electrons. The first-order valence-electron chi connectivity index (χ1n) is 8.12. The van der Waals surface area contributed by atoms with E-state index in [0.29, 0.717) is 35.8 Å². The molecular formula is C18H20N4O2S. The summed E-state index contributed by atoms with van der Waals surface area (Å²) >= 11 is 0. The smallest absolute Gasteiger partial charge is 0.243 e. The highest BCUT2D eigenvalue weighted by Crippen LogP contribution is 2.24. The second kappa shape index (κ2) is 6.82. The lowest BCUT2D eigenvalue weighted by Crippen LogP contribution is -2.32. The SMILES string of the molecule is Cc1cc(C)c(C#N)c(N[C@H]2CCN(S(=O)(=O)c3ccccc3)C2)n1. The van der Waals surface area contributed by atoms with Crippen LogP contribution in [0.3, 0.4) is 0 Å². The van der Waals surface area contributed by atoms with Crippen molar-refractivity contribution >= 4 is 15.8 Å². The maximum absolute atomic E-state index is 12.7. The van der Waals surface area contributed by atoms with Gasteiger partial charge in [-0.3, -0.25) is 0 Å². The quantitative estimate of drug-likeness (QED) is 0.909. The van der Waals surface area contributed by atoms with Gasteiger partial charge in [0, 0.05) is 24.8 Å². The fraction of sp³-hybridized carbons (Fsp3) is 0.333. The number of hydrogen-bond acceptors (Lipinski definition) is 5. The minimum Gasteiger partial charge on any atom is -0.365 e. The molecule has 2 aromatic rings. The average molecular weight is 356 g/mol. The topological polar surface area (TPSA) is 86.1 Å². The van der Waals surface area contributed by atoms with Crippen LogP contribution in [0.2, 0.25) is 0 Å². The molecule has 130 valence electrons. The van der Waals surface area contributed by atoms with Gasteiger partial charge in [0.05, 0.1) is 10.5 Å². The largest absolute Gasteiger partial charge is 0.365 e. The predicted molar refractivity (Wildman–Crippen MR) is 95.7 cm³/mol. The van der Waals surface area contributed by atoms with E-state index in [1.165, 1.54) is 4.31 Å². The Hall–Kier alpha value is -2.43. The zero-order valence-electron chi connectivity index (χ0n) is 14.2. The van der Waals surface area contributed by atoms with E-state index in [-0.39, 0.29) is 6.04 Å². The zero-order valence-corrected chi connectivity index (χ0v) is 15.0. The van der Waals surface area contributed by atoms with Crippen LogP contribution in [0.15, 0.2) is 41.3 Å². The van der Waals surface area contributed by atoms with Crippen LogP contribution in [0.5, 0.6) is 0 Å². The molecule has 1 aromatic heterocycles. The number of aryl methyl sites for hydroxylation is 2. The standard InChI is InChI=1S/C18H20N4O2S/c1-13-10-14(2)20-18(17(13)11-19)21-15-8-9-22(12-15)25(23,24)16-6-4-3-5-7-16/h3-7,10,15H,8-9,12H2,1-2H3,(H,20,21)/t15-/m0/s1. The van der Waals surface area contributed by atoms with E-state index in [4.69, 9.17) is 0 Å². The molecule has 7 heteroatoms. The molecule has 6 nitrogen and oxygen atoms in total. The van der Waals surface area contributed by atoms with Gasteiger partial charge < -0.3 is 5.32 Å². The average Bonchev–Trinajstić information content (AvgIpc) is 3.05. The van der Waals surface area contributed by atoms with Crippen molar-refractivity contribution in [3.63, 3.8) is 0 Å². The van der Waals surface area contributed by atoms with Crippen molar-refractivity contribution < 1.29 is 8.42 Å². The van der Waals surface area contributed by atoms with Gasteiger partial charge in [-0.25, -0.2) is 13.4 Å². The minimum atomic E-state index is -3.49. The Morgan fingerprint density at radius 2 is 2.00 bits per heavy atom. The van der Waals surface area contributed by atoms with Crippen molar-refractivity contribution in [2.24, 2.45) is 0 Å². The van der Waals surface area contributed by atoms with Gasteiger partial charge in [-0.2, -0.15) is 9.57 Å². The molecule has 1 aliphatic rings. The summed E-state index contributed by atoms with van der Waals surface area (Å²) in [5, 5.41) is 12.6. The summed E-state index contributed by atoms with van der Waals surface area (Å²) in [6.07, 6.45) is 0.672. The summed E-state index contributed by atoms with van der Waals surface area (Å²) in [5.74, 6) is 0.531. The minimum absolute atomic E-state index is 0.0701. The molecule has 1 atom stereocenters. The van der Waals surface area contributed by atoms with Crippen LogP contribution in [0, 0.1) is 25.2 Å². The molecule has 0 saturated carbocycles. The highest BCUT2D eigenvalue weighted by Gasteiger charge is 2.32. The van der Waals surface area contributed by atoms with E-state index in [1.807, 2.05) is 19.9 Å². The highest BCUT2D eigenvalue weighted by molar-refractivity contribution is 7.89. The van der Waals surface area contributed by atoms with E-state index >= 15 is 0 Å². The number of nitriles is 1. The number of nitrogens with one attached hydrogen (secondary N) is 1. The second-order valence-corrected chi connectivity index (χ2v) is 8.16. The van der Waals surface area contributed by atoms with Crippen molar-refractivity contribution in [2.75, 3.05) is 18.4 Å². The first-order valence-corrected chi connectivity index (χ1v) is 9.56. The van der Waals surface area contributed by atoms with Crippen LogP contribution < -0.4 is 5.32 Å². The van der Waals surface area contributed by atoms with Crippen molar-refractivity contribution in [1.82, 2.24) is 9.29 Å². The van der Waals surface area contributed by atoms with E-state index < -0.39 is 10.0 Å². The molecule has 1 saturated heterocycles. The lowest BCUT2D eigenvalue weighted by Gasteiger charge is -2.18. The van der Waals surface area contributed by atoms with Crippen LogP contribution in [0.25, 0.3) is 0 Å². The van der Waals surface area contributed by atoms with E-state index in [1.54, 1.807) is 30.3 Å². The molecule has 3 rings (SSSR count). The maximum Gasteiger partial charge on any atom is 0.243 e. The summed E-state index contributed by atoms with van der Waals surface area (Å²) in [6, 6.07) is 12.4. The molecule has 0 bridgehead atoms. The lowest BCUT2D eigenvalue weighted by atomic mass is 10.1. The lowest BCUT2D eigenvalue weighted by molar-refractivity contribution is 0.474. The van der Waals surface area contributed by atoms with Gasteiger partial charge in [-0.05, 0) is 44.0 Å². The first kappa shape index (κ1) is 17.4. The Morgan fingerprint density at radius 3 is 2.68 bits per heavy atom. The van der Waals surface area contributed by atoms with Crippen LogP contribution in [-0.2, 0) is 10.0 Å². The summed E-state index contributed by atoms with van der Waals surface area (Å²) in [7, 11) is -3.49. The van der Waals surface area contributed by atoms with E-state index in [0.717, 1.165) is 11.3 Å².